The standard InChI is InChI=1S/C34H41N3O7S2/c1-3-5-18-34(4-2)31(41)29(22-12-8-6-9-13-22)25-19-24(16-17-26(25)46(43,44)33(34)35)45-21-27(38)37-30(23-14-10-7-11-15-23)32(42)36-20-28(39)40/h6-17,19,29-31,33,41H,3-5,18,20-21,35H2,1-2H3,(H,36,42)(H,37,38)(H,39,40)/t29?,30-,31?,33?,34?/m1/s1. The number of thioether (sulfide) groups is 1. The van der Waals surface area contributed by atoms with Crippen LogP contribution in [0.1, 0.15) is 68.2 Å². The van der Waals surface area contributed by atoms with Gasteiger partial charge in [-0.05, 0) is 47.7 Å². The number of aliphatic hydroxyl groups excluding tert-OH is 1. The molecule has 0 bridgehead atoms. The number of unbranched alkanes of at least 4 members (excludes halogenated alkanes) is 1. The number of carboxylic acids is 1. The highest BCUT2D eigenvalue weighted by Crippen LogP contribution is 2.51. The minimum atomic E-state index is -4.05. The molecule has 2 amide bonds. The fourth-order valence-corrected chi connectivity index (χ4v) is 9.05. The molecule has 1 heterocycles. The smallest absolute Gasteiger partial charge is 0.322 e. The number of aliphatic hydroxyl groups is 1. The second-order valence-electron chi connectivity index (χ2n) is 11.5. The lowest BCUT2D eigenvalue weighted by Crippen LogP contribution is -2.53. The van der Waals surface area contributed by atoms with Crippen LogP contribution in [-0.4, -0.2) is 60.2 Å². The van der Waals surface area contributed by atoms with Crippen LogP contribution in [0.3, 0.4) is 0 Å². The molecule has 12 heteroatoms. The average Bonchev–Trinajstić information content (AvgIpc) is 3.11. The summed E-state index contributed by atoms with van der Waals surface area (Å²) in [5, 5.41) is 24.8. The molecule has 1 aliphatic heterocycles. The van der Waals surface area contributed by atoms with Crippen molar-refractivity contribution < 1.29 is 33.0 Å². The van der Waals surface area contributed by atoms with Gasteiger partial charge in [-0.1, -0.05) is 87.4 Å². The van der Waals surface area contributed by atoms with Crippen molar-refractivity contribution >= 4 is 39.4 Å². The Kier molecular flexibility index (Phi) is 11.7. The topological polar surface area (TPSA) is 176 Å². The summed E-state index contributed by atoms with van der Waals surface area (Å²) < 4.78 is 28.2. The second kappa shape index (κ2) is 15.3. The summed E-state index contributed by atoms with van der Waals surface area (Å²) in [6.45, 7) is 3.29. The molecular formula is C34H41N3O7S2. The summed E-state index contributed by atoms with van der Waals surface area (Å²) in [5.74, 6) is -3.17. The number of hydrogen-bond donors (Lipinski definition) is 5. The molecule has 1 aliphatic rings. The number of carboxylic acid groups (broad SMARTS) is 1. The molecule has 0 saturated heterocycles. The number of hydrogen-bond acceptors (Lipinski definition) is 8. The Hall–Kier alpha value is -3.71. The van der Waals surface area contributed by atoms with Crippen LogP contribution in [0.5, 0.6) is 0 Å². The van der Waals surface area contributed by atoms with E-state index >= 15 is 0 Å². The summed E-state index contributed by atoms with van der Waals surface area (Å²) in [7, 11) is -4.05. The number of aliphatic carboxylic acids is 1. The van der Waals surface area contributed by atoms with Gasteiger partial charge in [0.15, 0.2) is 9.84 Å². The Morgan fingerprint density at radius 3 is 2.26 bits per heavy atom. The van der Waals surface area contributed by atoms with E-state index in [1.807, 2.05) is 44.2 Å². The van der Waals surface area contributed by atoms with E-state index in [0.717, 1.165) is 23.7 Å². The van der Waals surface area contributed by atoms with Gasteiger partial charge in [-0.15, -0.1) is 11.8 Å². The van der Waals surface area contributed by atoms with E-state index in [4.69, 9.17) is 10.8 Å². The lowest BCUT2D eigenvalue weighted by Gasteiger charge is -2.42. The molecule has 0 radical (unpaired) electrons. The monoisotopic (exact) mass is 667 g/mol. The van der Waals surface area contributed by atoms with Crippen molar-refractivity contribution in [1.29, 1.82) is 0 Å². The zero-order chi connectivity index (χ0) is 33.5. The zero-order valence-corrected chi connectivity index (χ0v) is 27.5. The van der Waals surface area contributed by atoms with E-state index in [1.165, 1.54) is 6.07 Å². The first kappa shape index (κ1) is 35.1. The summed E-state index contributed by atoms with van der Waals surface area (Å²) in [6.07, 6.45) is 1.25. The number of nitrogens with one attached hydrogen (secondary N) is 2. The molecule has 0 aliphatic carbocycles. The van der Waals surface area contributed by atoms with E-state index in [2.05, 4.69) is 10.6 Å². The minimum Gasteiger partial charge on any atom is -0.480 e. The third kappa shape index (κ3) is 7.46. The van der Waals surface area contributed by atoms with Crippen LogP contribution < -0.4 is 16.4 Å². The Bertz CT molecular complexity index is 1640. The maximum atomic E-state index is 14.1. The number of nitrogens with two attached hydrogens (primary N) is 1. The summed E-state index contributed by atoms with van der Waals surface area (Å²) in [5.41, 5.74) is 7.18. The zero-order valence-electron chi connectivity index (χ0n) is 25.9. The summed E-state index contributed by atoms with van der Waals surface area (Å²) >= 11 is 1.15. The Labute approximate surface area is 274 Å². The van der Waals surface area contributed by atoms with Gasteiger partial charge in [-0.2, -0.15) is 0 Å². The van der Waals surface area contributed by atoms with Crippen molar-refractivity contribution in [2.75, 3.05) is 12.3 Å². The van der Waals surface area contributed by atoms with Crippen molar-refractivity contribution in [2.24, 2.45) is 11.1 Å². The normalized spacial score (nSPS) is 22.6. The number of sulfone groups is 1. The number of carbonyl (C=O) groups is 3. The number of fused-ring (bicyclic) bond motifs is 1. The molecular weight excluding hydrogens is 627 g/mol. The molecule has 5 atom stereocenters. The maximum Gasteiger partial charge on any atom is 0.322 e. The van der Waals surface area contributed by atoms with E-state index in [9.17, 15) is 27.9 Å². The predicted molar refractivity (Wildman–Crippen MR) is 177 cm³/mol. The van der Waals surface area contributed by atoms with Crippen LogP contribution in [0.25, 0.3) is 0 Å². The van der Waals surface area contributed by atoms with Crippen LogP contribution in [-0.2, 0) is 24.2 Å². The van der Waals surface area contributed by atoms with Crippen molar-refractivity contribution in [1.82, 2.24) is 10.6 Å². The largest absolute Gasteiger partial charge is 0.480 e. The number of benzene rings is 3. The van der Waals surface area contributed by atoms with Gasteiger partial charge in [0.2, 0.25) is 11.8 Å². The molecule has 4 rings (SSSR count). The first-order chi connectivity index (χ1) is 22.0. The number of rotatable bonds is 13. The highest BCUT2D eigenvalue weighted by atomic mass is 32.2. The van der Waals surface area contributed by atoms with Crippen LogP contribution in [0, 0.1) is 5.41 Å². The first-order valence-corrected chi connectivity index (χ1v) is 17.8. The van der Waals surface area contributed by atoms with Gasteiger partial charge in [0, 0.05) is 16.2 Å². The van der Waals surface area contributed by atoms with Crippen LogP contribution in [0.4, 0.5) is 0 Å². The Morgan fingerprint density at radius 2 is 1.65 bits per heavy atom. The third-order valence-corrected chi connectivity index (χ3v) is 11.8. The van der Waals surface area contributed by atoms with Crippen molar-refractivity contribution in [3.05, 3.63) is 95.6 Å². The quantitative estimate of drug-likeness (QED) is 0.169. The molecule has 0 fully saturated rings. The van der Waals surface area contributed by atoms with E-state index < -0.39 is 63.0 Å². The Balaban J connectivity index is 1.67. The maximum absolute atomic E-state index is 14.1. The number of carbonyl (C=O) groups excluding carboxylic acids is 2. The highest BCUT2D eigenvalue weighted by Gasteiger charge is 2.54. The molecule has 10 nitrogen and oxygen atoms in total. The molecule has 3 aromatic carbocycles. The molecule has 0 spiro atoms. The van der Waals surface area contributed by atoms with Crippen molar-refractivity contribution in [3.8, 4) is 0 Å². The molecule has 6 N–H and O–H groups in total. The highest BCUT2D eigenvalue weighted by molar-refractivity contribution is 8.00. The molecule has 0 saturated carbocycles. The Morgan fingerprint density at radius 1 is 1.00 bits per heavy atom. The van der Waals surface area contributed by atoms with Crippen molar-refractivity contribution in [3.63, 3.8) is 0 Å². The molecule has 3 aromatic rings. The third-order valence-electron chi connectivity index (χ3n) is 8.73. The van der Waals surface area contributed by atoms with Gasteiger partial charge in [-0.3, -0.25) is 14.4 Å². The summed E-state index contributed by atoms with van der Waals surface area (Å²) in [4.78, 5) is 37.6. The van der Waals surface area contributed by atoms with E-state index in [1.54, 1.807) is 42.5 Å². The lowest BCUT2D eigenvalue weighted by atomic mass is 9.68. The average molecular weight is 668 g/mol. The fourth-order valence-electron chi connectivity index (χ4n) is 6.20. The van der Waals surface area contributed by atoms with Gasteiger partial charge in [0.25, 0.3) is 0 Å². The van der Waals surface area contributed by atoms with E-state index in [-0.39, 0.29) is 10.6 Å². The first-order valence-electron chi connectivity index (χ1n) is 15.3. The summed E-state index contributed by atoms with van der Waals surface area (Å²) in [6, 6.07) is 21.5. The van der Waals surface area contributed by atoms with Gasteiger partial charge < -0.3 is 26.6 Å². The van der Waals surface area contributed by atoms with Crippen LogP contribution in [0.2, 0.25) is 0 Å². The van der Waals surface area contributed by atoms with Gasteiger partial charge in [0.05, 0.1) is 16.8 Å². The van der Waals surface area contributed by atoms with Crippen LogP contribution in [0.15, 0.2) is 88.7 Å². The SMILES string of the molecule is CCCCC1(CC)C(O)C(c2ccccc2)c2cc(SCC(=O)N[C@@H](C(=O)NCC(=O)O)c3ccccc3)ccc2S(=O)(=O)C1N. The van der Waals surface area contributed by atoms with E-state index in [0.29, 0.717) is 35.3 Å². The predicted octanol–water partition coefficient (Wildman–Crippen LogP) is 3.99. The van der Waals surface area contributed by atoms with Crippen LogP contribution >= 0.6 is 11.8 Å². The molecule has 0 aromatic heterocycles. The minimum absolute atomic E-state index is 0.0628. The molecule has 246 valence electrons. The fraction of sp³-hybridized carbons (Fsp3) is 0.382. The van der Waals surface area contributed by atoms with Crippen molar-refractivity contribution in [2.45, 2.75) is 72.8 Å². The van der Waals surface area contributed by atoms with Gasteiger partial charge >= 0.3 is 5.97 Å². The van der Waals surface area contributed by atoms with Gasteiger partial charge in [-0.25, -0.2) is 8.42 Å². The molecule has 4 unspecified atom stereocenters. The number of amides is 2. The lowest BCUT2D eigenvalue weighted by molar-refractivity contribution is -0.138. The molecule has 46 heavy (non-hydrogen) atoms. The van der Waals surface area contributed by atoms with Gasteiger partial charge in [0.1, 0.15) is 18.0 Å². The second-order valence-corrected chi connectivity index (χ2v) is 14.6.